The van der Waals surface area contributed by atoms with Gasteiger partial charge >= 0.3 is 0 Å². The first kappa shape index (κ1) is 13.0. The molecule has 0 amide bonds. The van der Waals surface area contributed by atoms with E-state index in [4.69, 9.17) is 10.5 Å². The van der Waals surface area contributed by atoms with Crippen molar-refractivity contribution in [2.24, 2.45) is 5.73 Å². The zero-order valence-corrected chi connectivity index (χ0v) is 10.9. The van der Waals surface area contributed by atoms with E-state index in [1.54, 1.807) is 23.5 Å². The number of nitrogens with zero attached hydrogens (tertiary/aromatic N) is 1. The molecule has 0 radical (unpaired) electrons. The van der Waals surface area contributed by atoms with Crippen molar-refractivity contribution in [3.63, 3.8) is 0 Å². The van der Waals surface area contributed by atoms with Crippen LogP contribution in [0.3, 0.4) is 0 Å². The van der Waals surface area contributed by atoms with Crippen LogP contribution in [0.2, 0.25) is 0 Å². The Morgan fingerprint density at radius 3 is 2.72 bits per heavy atom. The van der Waals surface area contributed by atoms with Crippen LogP contribution in [0.25, 0.3) is 0 Å². The molecular formula is C13H15FN2OS. The van der Waals surface area contributed by atoms with Gasteiger partial charge in [-0.25, -0.2) is 9.37 Å². The summed E-state index contributed by atoms with van der Waals surface area (Å²) in [5, 5.41) is 2.97. The molecule has 1 aromatic carbocycles. The SMILES string of the molecule is CC(N)c1csc(CCOc2ccc(F)cc2)n1. The first-order chi connectivity index (χ1) is 8.65. The van der Waals surface area contributed by atoms with Crippen LogP contribution in [0.5, 0.6) is 5.75 Å². The van der Waals surface area contributed by atoms with Gasteiger partial charge in [-0.05, 0) is 31.2 Å². The largest absolute Gasteiger partial charge is 0.493 e. The summed E-state index contributed by atoms with van der Waals surface area (Å²) >= 11 is 1.58. The third kappa shape index (κ3) is 3.51. The van der Waals surface area contributed by atoms with Crippen LogP contribution in [-0.4, -0.2) is 11.6 Å². The maximum Gasteiger partial charge on any atom is 0.123 e. The molecule has 0 fully saturated rings. The molecule has 0 saturated heterocycles. The van der Waals surface area contributed by atoms with Crippen LogP contribution in [0.4, 0.5) is 4.39 Å². The summed E-state index contributed by atoms with van der Waals surface area (Å²) in [6.07, 6.45) is 0.731. The van der Waals surface area contributed by atoms with E-state index in [1.807, 2.05) is 12.3 Å². The normalized spacial score (nSPS) is 12.4. The maximum atomic E-state index is 12.7. The minimum absolute atomic E-state index is 0.0342. The lowest BCUT2D eigenvalue weighted by atomic mass is 10.3. The van der Waals surface area contributed by atoms with Crippen molar-refractivity contribution in [3.05, 3.63) is 46.2 Å². The monoisotopic (exact) mass is 266 g/mol. The van der Waals surface area contributed by atoms with Crippen molar-refractivity contribution in [3.8, 4) is 5.75 Å². The van der Waals surface area contributed by atoms with Crippen LogP contribution >= 0.6 is 11.3 Å². The lowest BCUT2D eigenvalue weighted by Gasteiger charge is -2.04. The van der Waals surface area contributed by atoms with Gasteiger partial charge in [0.1, 0.15) is 11.6 Å². The number of hydrogen-bond donors (Lipinski definition) is 1. The number of halogens is 1. The first-order valence-corrected chi connectivity index (χ1v) is 6.61. The van der Waals surface area contributed by atoms with Gasteiger partial charge in [0.05, 0.1) is 17.3 Å². The number of benzene rings is 1. The first-order valence-electron chi connectivity index (χ1n) is 5.73. The average Bonchev–Trinajstić information content (AvgIpc) is 2.81. The number of thiazole rings is 1. The highest BCUT2D eigenvalue weighted by Gasteiger charge is 2.05. The Bertz CT molecular complexity index is 496. The molecule has 2 aromatic rings. The Balaban J connectivity index is 1.82. The summed E-state index contributed by atoms with van der Waals surface area (Å²) in [6, 6.07) is 5.96. The van der Waals surface area contributed by atoms with Gasteiger partial charge in [-0.1, -0.05) is 0 Å². The maximum absolute atomic E-state index is 12.7. The molecule has 1 aromatic heterocycles. The van der Waals surface area contributed by atoms with Crippen LogP contribution in [-0.2, 0) is 6.42 Å². The predicted molar refractivity (Wildman–Crippen MR) is 70.3 cm³/mol. The van der Waals surface area contributed by atoms with E-state index in [-0.39, 0.29) is 11.9 Å². The third-order valence-electron chi connectivity index (χ3n) is 2.43. The fraction of sp³-hybridized carbons (Fsp3) is 0.308. The van der Waals surface area contributed by atoms with Gasteiger partial charge in [-0.2, -0.15) is 0 Å². The lowest BCUT2D eigenvalue weighted by Crippen LogP contribution is -2.06. The molecular weight excluding hydrogens is 251 g/mol. The molecule has 2 rings (SSSR count). The molecule has 0 aliphatic heterocycles. The summed E-state index contributed by atoms with van der Waals surface area (Å²) in [4.78, 5) is 4.41. The second-order valence-electron chi connectivity index (χ2n) is 4.01. The molecule has 0 aliphatic rings. The van der Waals surface area contributed by atoms with E-state index in [0.29, 0.717) is 12.4 Å². The molecule has 96 valence electrons. The molecule has 1 unspecified atom stereocenters. The van der Waals surface area contributed by atoms with E-state index >= 15 is 0 Å². The zero-order valence-electron chi connectivity index (χ0n) is 10.1. The summed E-state index contributed by atoms with van der Waals surface area (Å²) in [7, 11) is 0. The van der Waals surface area contributed by atoms with Crippen LogP contribution in [0.15, 0.2) is 29.6 Å². The number of nitrogens with two attached hydrogens (primary N) is 1. The minimum Gasteiger partial charge on any atom is -0.493 e. The zero-order chi connectivity index (χ0) is 13.0. The van der Waals surface area contributed by atoms with Gasteiger partial charge in [0.2, 0.25) is 0 Å². The van der Waals surface area contributed by atoms with Gasteiger partial charge < -0.3 is 10.5 Å². The average molecular weight is 266 g/mol. The second kappa shape index (κ2) is 5.93. The van der Waals surface area contributed by atoms with Crippen molar-refractivity contribution < 1.29 is 9.13 Å². The predicted octanol–water partition coefficient (Wildman–Crippen LogP) is 2.92. The molecule has 5 heteroatoms. The minimum atomic E-state index is -0.260. The Labute approximate surface area is 109 Å². The Morgan fingerprint density at radius 1 is 1.39 bits per heavy atom. The number of rotatable bonds is 5. The van der Waals surface area contributed by atoms with E-state index < -0.39 is 0 Å². The van der Waals surface area contributed by atoms with Gasteiger partial charge in [-0.15, -0.1) is 11.3 Å². The third-order valence-corrected chi connectivity index (χ3v) is 3.36. The molecule has 0 aliphatic carbocycles. The van der Waals surface area contributed by atoms with E-state index in [0.717, 1.165) is 17.1 Å². The van der Waals surface area contributed by atoms with Crippen molar-refractivity contribution in [1.82, 2.24) is 4.98 Å². The van der Waals surface area contributed by atoms with Gasteiger partial charge in [-0.3, -0.25) is 0 Å². The van der Waals surface area contributed by atoms with Crippen molar-refractivity contribution in [1.29, 1.82) is 0 Å². The summed E-state index contributed by atoms with van der Waals surface area (Å²) in [6.45, 7) is 2.44. The summed E-state index contributed by atoms with van der Waals surface area (Å²) < 4.78 is 18.2. The molecule has 3 nitrogen and oxygen atoms in total. The summed E-state index contributed by atoms with van der Waals surface area (Å²) in [5.41, 5.74) is 6.65. The molecule has 1 atom stereocenters. The number of aromatic nitrogens is 1. The van der Waals surface area contributed by atoms with E-state index in [9.17, 15) is 4.39 Å². The standard InChI is InChI=1S/C13H15FN2OS/c1-9(15)12-8-18-13(16-12)6-7-17-11-4-2-10(14)3-5-11/h2-5,8-9H,6-7,15H2,1H3. The molecule has 0 spiro atoms. The van der Waals surface area contributed by atoms with Gasteiger partial charge in [0.25, 0.3) is 0 Å². The lowest BCUT2D eigenvalue weighted by molar-refractivity contribution is 0.321. The van der Waals surface area contributed by atoms with E-state index in [2.05, 4.69) is 4.98 Å². The second-order valence-corrected chi connectivity index (χ2v) is 4.95. The number of ether oxygens (including phenoxy) is 1. The van der Waals surface area contributed by atoms with Crippen molar-refractivity contribution in [2.75, 3.05) is 6.61 Å². The fourth-order valence-electron chi connectivity index (χ4n) is 1.44. The van der Waals surface area contributed by atoms with E-state index in [1.165, 1.54) is 12.1 Å². The fourth-order valence-corrected chi connectivity index (χ4v) is 2.32. The van der Waals surface area contributed by atoms with Crippen molar-refractivity contribution in [2.45, 2.75) is 19.4 Å². The molecule has 0 saturated carbocycles. The topological polar surface area (TPSA) is 48.1 Å². The van der Waals surface area contributed by atoms with Crippen LogP contribution in [0.1, 0.15) is 23.7 Å². The molecule has 0 bridgehead atoms. The summed E-state index contributed by atoms with van der Waals surface area (Å²) in [5.74, 6) is 0.407. The molecule has 2 N–H and O–H groups in total. The Hall–Kier alpha value is -1.46. The smallest absolute Gasteiger partial charge is 0.123 e. The Kier molecular flexibility index (Phi) is 4.28. The molecule has 18 heavy (non-hydrogen) atoms. The quantitative estimate of drug-likeness (QED) is 0.905. The van der Waals surface area contributed by atoms with Gasteiger partial charge in [0.15, 0.2) is 0 Å². The highest BCUT2D eigenvalue weighted by molar-refractivity contribution is 7.09. The highest BCUT2D eigenvalue weighted by atomic mass is 32.1. The van der Waals surface area contributed by atoms with Crippen LogP contribution in [0, 0.1) is 5.82 Å². The van der Waals surface area contributed by atoms with Crippen molar-refractivity contribution >= 4 is 11.3 Å². The molecule has 1 heterocycles. The Morgan fingerprint density at radius 2 is 2.11 bits per heavy atom. The van der Waals surface area contributed by atoms with Crippen LogP contribution < -0.4 is 10.5 Å². The number of hydrogen-bond acceptors (Lipinski definition) is 4. The highest BCUT2D eigenvalue weighted by Crippen LogP contribution is 2.16. The van der Waals surface area contributed by atoms with Gasteiger partial charge in [0, 0.05) is 17.8 Å².